The zero-order valence-corrected chi connectivity index (χ0v) is 13.9. The number of thioether (sulfide) groups is 1. The zero-order valence-electron chi connectivity index (χ0n) is 13.1. The van der Waals surface area contributed by atoms with Crippen molar-refractivity contribution in [1.29, 1.82) is 0 Å². The molecule has 0 atom stereocenters. The summed E-state index contributed by atoms with van der Waals surface area (Å²) in [5.41, 5.74) is 3.24. The Bertz CT molecular complexity index is 395. The van der Waals surface area contributed by atoms with Gasteiger partial charge in [0.2, 0.25) is 0 Å². The molecule has 0 aliphatic heterocycles. The summed E-state index contributed by atoms with van der Waals surface area (Å²) < 4.78 is 0.283. The maximum Gasteiger partial charge on any atom is 0.0122 e. The Morgan fingerprint density at radius 1 is 1.00 bits per heavy atom. The number of benzene rings is 1. The highest BCUT2D eigenvalue weighted by Gasteiger charge is 2.23. The molecule has 0 bridgehead atoms. The molecule has 1 rings (SSSR count). The molecule has 0 radical (unpaired) electrons. The van der Waals surface area contributed by atoms with Gasteiger partial charge in [-0.25, -0.2) is 0 Å². The molecule has 0 aliphatic carbocycles. The Morgan fingerprint density at radius 3 is 1.94 bits per heavy atom. The van der Waals surface area contributed by atoms with Gasteiger partial charge in [-0.2, -0.15) is 0 Å². The van der Waals surface area contributed by atoms with E-state index in [-0.39, 0.29) is 4.75 Å². The fourth-order valence-electron chi connectivity index (χ4n) is 2.13. The Kier molecular flexibility index (Phi) is 4.94. The minimum Gasteiger partial charge on any atom is -0.120 e. The van der Waals surface area contributed by atoms with Crippen molar-refractivity contribution in [3.63, 3.8) is 0 Å². The van der Waals surface area contributed by atoms with E-state index in [0.29, 0.717) is 5.41 Å². The lowest BCUT2D eigenvalue weighted by Gasteiger charge is -2.28. The number of aryl methyl sites for hydroxylation is 1. The van der Waals surface area contributed by atoms with E-state index in [1.165, 1.54) is 28.9 Å². The Hall–Kier alpha value is -0.430. The van der Waals surface area contributed by atoms with Crippen molar-refractivity contribution in [1.82, 2.24) is 0 Å². The largest absolute Gasteiger partial charge is 0.120 e. The molecule has 1 aromatic carbocycles. The second-order valence-corrected chi connectivity index (χ2v) is 8.33. The van der Waals surface area contributed by atoms with Gasteiger partial charge >= 0.3 is 0 Å². The summed E-state index contributed by atoms with van der Waals surface area (Å²) in [6, 6.07) is 7.03. The third-order valence-electron chi connectivity index (χ3n) is 3.85. The average molecular weight is 264 g/mol. The molecule has 0 N–H and O–H groups in total. The van der Waals surface area contributed by atoms with Crippen LogP contribution in [0.5, 0.6) is 0 Å². The molecule has 0 aliphatic rings. The summed E-state index contributed by atoms with van der Waals surface area (Å²) in [4.78, 5) is 1.42. The Morgan fingerprint density at radius 2 is 1.56 bits per heavy atom. The SMILES string of the molecule is CCC(C)(CC)c1ccc(SC(C)(C)C)c(C)c1. The van der Waals surface area contributed by atoms with E-state index in [1.807, 2.05) is 11.8 Å². The van der Waals surface area contributed by atoms with Crippen molar-refractivity contribution in [2.24, 2.45) is 0 Å². The van der Waals surface area contributed by atoms with Crippen LogP contribution in [0, 0.1) is 6.92 Å². The Balaban J connectivity index is 3.06. The second-order valence-electron chi connectivity index (χ2n) is 6.46. The van der Waals surface area contributed by atoms with E-state index >= 15 is 0 Å². The first-order chi connectivity index (χ1) is 8.22. The number of rotatable bonds is 4. The topological polar surface area (TPSA) is 0 Å². The first-order valence-electron chi connectivity index (χ1n) is 7.02. The van der Waals surface area contributed by atoms with Crippen LogP contribution in [0.1, 0.15) is 65.5 Å². The van der Waals surface area contributed by atoms with Crippen LogP contribution in [0.3, 0.4) is 0 Å². The highest BCUT2D eigenvalue weighted by molar-refractivity contribution is 8.00. The van der Waals surface area contributed by atoms with E-state index < -0.39 is 0 Å². The lowest BCUT2D eigenvalue weighted by molar-refractivity contribution is 0.438. The molecule has 1 aromatic rings. The van der Waals surface area contributed by atoms with Gasteiger partial charge in [-0.1, -0.05) is 53.7 Å². The van der Waals surface area contributed by atoms with Crippen LogP contribution >= 0.6 is 11.8 Å². The monoisotopic (exact) mass is 264 g/mol. The van der Waals surface area contributed by atoms with Gasteiger partial charge in [0.1, 0.15) is 0 Å². The summed E-state index contributed by atoms with van der Waals surface area (Å²) >= 11 is 1.96. The molecule has 0 amide bonds. The highest BCUT2D eigenvalue weighted by Crippen LogP contribution is 2.37. The summed E-state index contributed by atoms with van der Waals surface area (Å²) in [6.07, 6.45) is 2.41. The fourth-order valence-corrected chi connectivity index (χ4v) is 3.14. The predicted molar refractivity (Wildman–Crippen MR) is 84.7 cm³/mol. The summed E-state index contributed by atoms with van der Waals surface area (Å²) in [5.74, 6) is 0. The molecule has 0 saturated heterocycles. The molecule has 0 fully saturated rings. The second kappa shape index (κ2) is 5.69. The van der Waals surface area contributed by atoms with Crippen molar-refractivity contribution in [2.45, 2.75) is 76.4 Å². The number of hydrogen-bond donors (Lipinski definition) is 0. The maximum absolute atomic E-state index is 2.39. The van der Waals surface area contributed by atoms with Crippen LogP contribution in [0.4, 0.5) is 0 Å². The van der Waals surface area contributed by atoms with Crippen LogP contribution in [0.15, 0.2) is 23.1 Å². The van der Waals surface area contributed by atoms with Gasteiger partial charge in [-0.15, -0.1) is 11.8 Å². The van der Waals surface area contributed by atoms with Gasteiger partial charge in [0, 0.05) is 9.64 Å². The average Bonchev–Trinajstić information content (AvgIpc) is 2.29. The molecule has 0 spiro atoms. The zero-order chi connectivity index (χ0) is 14.0. The fraction of sp³-hybridized carbons (Fsp3) is 0.647. The summed E-state index contributed by atoms with van der Waals surface area (Å²) in [5, 5.41) is 0. The number of hydrogen-bond acceptors (Lipinski definition) is 1. The Labute approximate surface area is 118 Å². The van der Waals surface area contributed by atoms with Crippen LogP contribution in [0.2, 0.25) is 0 Å². The van der Waals surface area contributed by atoms with Gasteiger partial charge in [-0.3, -0.25) is 0 Å². The van der Waals surface area contributed by atoms with Crippen LogP contribution < -0.4 is 0 Å². The molecule has 0 aromatic heterocycles. The smallest absolute Gasteiger partial charge is 0.0122 e. The standard InChI is InChI=1S/C17H28S/c1-8-17(7,9-2)14-10-11-15(13(3)12-14)18-16(4,5)6/h10-12H,8-9H2,1-7H3. The molecular weight excluding hydrogens is 236 g/mol. The lowest BCUT2D eigenvalue weighted by atomic mass is 9.77. The minimum atomic E-state index is 0.283. The third kappa shape index (κ3) is 3.78. The van der Waals surface area contributed by atoms with Crippen LogP contribution in [-0.2, 0) is 5.41 Å². The first kappa shape index (κ1) is 15.6. The van der Waals surface area contributed by atoms with Gasteiger partial charge in [0.25, 0.3) is 0 Å². The predicted octanol–water partition coefficient (Wildman–Crippen LogP) is 5.96. The van der Waals surface area contributed by atoms with Crippen LogP contribution in [-0.4, -0.2) is 4.75 Å². The van der Waals surface area contributed by atoms with Crippen molar-refractivity contribution < 1.29 is 0 Å². The van der Waals surface area contributed by atoms with Gasteiger partial charge in [0.15, 0.2) is 0 Å². The molecule has 0 heterocycles. The summed E-state index contributed by atoms with van der Waals surface area (Å²) in [7, 11) is 0. The molecule has 0 saturated carbocycles. The molecule has 0 nitrogen and oxygen atoms in total. The molecular formula is C17H28S. The van der Waals surface area contributed by atoms with E-state index in [9.17, 15) is 0 Å². The van der Waals surface area contributed by atoms with E-state index in [2.05, 4.69) is 66.7 Å². The third-order valence-corrected chi connectivity index (χ3v) is 5.14. The van der Waals surface area contributed by atoms with E-state index in [4.69, 9.17) is 0 Å². The maximum atomic E-state index is 2.39. The first-order valence-corrected chi connectivity index (χ1v) is 7.83. The molecule has 102 valence electrons. The van der Waals surface area contributed by atoms with Crippen molar-refractivity contribution in [3.8, 4) is 0 Å². The quantitative estimate of drug-likeness (QED) is 0.604. The normalized spacial score (nSPS) is 12.8. The minimum absolute atomic E-state index is 0.283. The summed E-state index contributed by atoms with van der Waals surface area (Å²) in [6.45, 7) is 16.0. The molecule has 18 heavy (non-hydrogen) atoms. The highest BCUT2D eigenvalue weighted by atomic mass is 32.2. The van der Waals surface area contributed by atoms with E-state index in [0.717, 1.165) is 0 Å². The van der Waals surface area contributed by atoms with Gasteiger partial charge < -0.3 is 0 Å². The van der Waals surface area contributed by atoms with Gasteiger partial charge in [-0.05, 0) is 42.4 Å². The molecule has 1 heteroatoms. The van der Waals surface area contributed by atoms with Crippen molar-refractivity contribution in [3.05, 3.63) is 29.3 Å². The van der Waals surface area contributed by atoms with Gasteiger partial charge in [0.05, 0.1) is 0 Å². The van der Waals surface area contributed by atoms with Crippen molar-refractivity contribution in [2.75, 3.05) is 0 Å². The molecule has 0 unspecified atom stereocenters. The lowest BCUT2D eigenvalue weighted by Crippen LogP contribution is -2.19. The van der Waals surface area contributed by atoms with Crippen molar-refractivity contribution >= 4 is 11.8 Å². The van der Waals surface area contributed by atoms with Crippen LogP contribution in [0.25, 0.3) is 0 Å². The van der Waals surface area contributed by atoms with E-state index in [1.54, 1.807) is 0 Å².